The Morgan fingerprint density at radius 1 is 1.14 bits per heavy atom. The van der Waals surface area contributed by atoms with Crippen molar-refractivity contribution in [2.75, 3.05) is 13.7 Å². The maximum Gasteiger partial charge on any atom is 0.254 e. The number of fused-ring (bicyclic) bond motifs is 1. The van der Waals surface area contributed by atoms with E-state index in [2.05, 4.69) is 16.8 Å². The lowest BCUT2D eigenvalue weighted by atomic mass is 9.99. The Bertz CT molecular complexity index is 1120. The highest BCUT2D eigenvalue weighted by Gasteiger charge is 2.23. The lowest BCUT2D eigenvalue weighted by Crippen LogP contribution is -2.36. The quantitative estimate of drug-likeness (QED) is 0.599. The topological polar surface area (TPSA) is 42.4 Å². The van der Waals surface area contributed by atoms with Gasteiger partial charge in [0.15, 0.2) is 0 Å². The molecular weight excluding hydrogens is 384 g/mol. The molecule has 1 aromatic heterocycles. The molecule has 0 saturated carbocycles. The van der Waals surface area contributed by atoms with Crippen LogP contribution in [0.2, 0.25) is 5.02 Å². The van der Waals surface area contributed by atoms with Crippen LogP contribution in [0.25, 0.3) is 0 Å². The fraction of sp³-hybridized carbons (Fsp3) is 0.167. The van der Waals surface area contributed by atoms with Crippen molar-refractivity contribution in [3.05, 3.63) is 93.8 Å². The molecule has 2 aromatic carbocycles. The molecule has 0 aliphatic carbocycles. The van der Waals surface area contributed by atoms with Gasteiger partial charge in [0, 0.05) is 29.9 Å². The zero-order valence-electron chi connectivity index (χ0n) is 16.0. The Hall–Kier alpha value is -3.29. The number of pyridine rings is 1. The van der Waals surface area contributed by atoms with E-state index in [1.807, 2.05) is 41.3 Å². The number of hydrogen-bond acceptors (Lipinski definition) is 3. The van der Waals surface area contributed by atoms with Crippen molar-refractivity contribution in [1.29, 1.82) is 0 Å². The minimum atomic E-state index is -0.0286. The van der Waals surface area contributed by atoms with Crippen molar-refractivity contribution in [3.63, 3.8) is 0 Å². The van der Waals surface area contributed by atoms with Gasteiger partial charge in [-0.05, 0) is 59.9 Å². The van der Waals surface area contributed by atoms with Crippen molar-refractivity contribution in [3.8, 4) is 17.6 Å². The molecule has 0 bridgehead atoms. The maximum atomic E-state index is 13.1. The molecule has 0 unspecified atom stereocenters. The highest BCUT2D eigenvalue weighted by molar-refractivity contribution is 6.31. The van der Waals surface area contributed by atoms with Gasteiger partial charge in [0.25, 0.3) is 5.91 Å². The van der Waals surface area contributed by atoms with Crippen molar-refractivity contribution in [1.82, 2.24) is 9.88 Å². The minimum absolute atomic E-state index is 0.0286. The number of nitrogens with zero attached hydrogens (tertiary/aromatic N) is 2. The lowest BCUT2D eigenvalue weighted by molar-refractivity contribution is 0.0734. The summed E-state index contributed by atoms with van der Waals surface area (Å²) in [5, 5.41) is 0.770. The van der Waals surface area contributed by atoms with E-state index in [1.54, 1.807) is 31.5 Å². The lowest BCUT2D eigenvalue weighted by Gasteiger charge is -2.29. The monoisotopic (exact) mass is 402 g/mol. The van der Waals surface area contributed by atoms with Crippen molar-refractivity contribution in [2.24, 2.45) is 0 Å². The average Bonchev–Trinajstić information content (AvgIpc) is 2.77. The van der Waals surface area contributed by atoms with Gasteiger partial charge in [0.1, 0.15) is 11.4 Å². The predicted molar refractivity (Wildman–Crippen MR) is 113 cm³/mol. The van der Waals surface area contributed by atoms with Crippen molar-refractivity contribution in [2.45, 2.75) is 13.0 Å². The van der Waals surface area contributed by atoms with E-state index in [9.17, 15) is 4.79 Å². The Kier molecular flexibility index (Phi) is 5.50. The summed E-state index contributed by atoms with van der Waals surface area (Å²) < 4.78 is 5.41. The van der Waals surface area contributed by atoms with Gasteiger partial charge in [-0.15, -0.1) is 0 Å². The molecule has 0 atom stereocenters. The number of amides is 1. The first-order chi connectivity index (χ1) is 14.2. The number of halogens is 1. The first-order valence-electron chi connectivity index (χ1n) is 9.32. The number of benzene rings is 2. The molecule has 0 spiro atoms. The number of aromatic nitrogens is 1. The van der Waals surface area contributed by atoms with Gasteiger partial charge in [-0.1, -0.05) is 35.7 Å². The number of hydrogen-bond donors (Lipinski definition) is 0. The van der Waals surface area contributed by atoms with Crippen LogP contribution in [0, 0.1) is 11.8 Å². The van der Waals surface area contributed by atoms with Gasteiger partial charge in [-0.2, -0.15) is 0 Å². The molecule has 0 N–H and O–H groups in total. The molecular formula is C24H19ClN2O2. The molecule has 4 nitrogen and oxygen atoms in total. The Morgan fingerprint density at radius 3 is 2.83 bits per heavy atom. The van der Waals surface area contributed by atoms with Crippen molar-refractivity contribution < 1.29 is 9.53 Å². The van der Waals surface area contributed by atoms with E-state index in [1.165, 1.54) is 0 Å². The van der Waals surface area contributed by atoms with E-state index < -0.39 is 0 Å². The second-order valence-electron chi connectivity index (χ2n) is 6.73. The van der Waals surface area contributed by atoms with Gasteiger partial charge in [-0.3, -0.25) is 4.79 Å². The summed E-state index contributed by atoms with van der Waals surface area (Å²) in [6.07, 6.45) is 2.45. The fourth-order valence-corrected chi connectivity index (χ4v) is 3.71. The first-order valence-corrected chi connectivity index (χ1v) is 9.70. The molecule has 0 saturated heterocycles. The van der Waals surface area contributed by atoms with E-state index in [0.717, 1.165) is 22.6 Å². The zero-order valence-corrected chi connectivity index (χ0v) is 16.7. The van der Waals surface area contributed by atoms with Crippen LogP contribution in [0.3, 0.4) is 0 Å². The van der Waals surface area contributed by atoms with Gasteiger partial charge in [-0.25, -0.2) is 4.98 Å². The SMILES string of the molecule is COc1ccc(C(=O)N2CCc3c(Cl)cccc3C2)cc1C#Cc1ccccn1. The summed E-state index contributed by atoms with van der Waals surface area (Å²) in [6.45, 7) is 1.19. The molecule has 2 heterocycles. The Labute approximate surface area is 175 Å². The summed E-state index contributed by atoms with van der Waals surface area (Å²) in [6, 6.07) is 16.8. The fourth-order valence-electron chi connectivity index (χ4n) is 3.43. The molecule has 29 heavy (non-hydrogen) atoms. The van der Waals surface area contributed by atoms with Crippen LogP contribution in [0.1, 0.15) is 32.7 Å². The summed E-state index contributed by atoms with van der Waals surface area (Å²) >= 11 is 6.29. The molecule has 4 rings (SSSR count). The standard InChI is InChI=1S/C24H19ClN2O2/c1-29-23-11-9-18(15-17(23)8-10-20-6-2-3-13-26-20)24(28)27-14-12-21-19(16-27)5-4-7-22(21)25/h2-7,9,11,13,15H,12,14,16H2,1H3. The normalized spacial score (nSPS) is 12.6. The molecule has 0 fully saturated rings. The molecule has 0 radical (unpaired) electrons. The number of carbonyl (C=O) groups excluding carboxylic acids is 1. The van der Waals surface area contributed by atoms with E-state index >= 15 is 0 Å². The Balaban J connectivity index is 1.60. The van der Waals surface area contributed by atoms with Crippen LogP contribution in [0.15, 0.2) is 60.8 Å². The van der Waals surface area contributed by atoms with Crippen LogP contribution in [-0.2, 0) is 13.0 Å². The van der Waals surface area contributed by atoms with Gasteiger partial charge in [0.2, 0.25) is 0 Å². The van der Waals surface area contributed by atoms with Crippen LogP contribution in [-0.4, -0.2) is 29.4 Å². The molecule has 1 aliphatic rings. The largest absolute Gasteiger partial charge is 0.495 e. The molecule has 1 amide bonds. The van der Waals surface area contributed by atoms with Crippen LogP contribution in [0.5, 0.6) is 5.75 Å². The molecule has 5 heteroatoms. The second kappa shape index (κ2) is 8.38. The van der Waals surface area contributed by atoms with Gasteiger partial charge in [0.05, 0.1) is 12.7 Å². The van der Waals surface area contributed by atoms with Crippen LogP contribution < -0.4 is 4.74 Å². The second-order valence-corrected chi connectivity index (χ2v) is 7.14. The summed E-state index contributed by atoms with van der Waals surface area (Å²) in [7, 11) is 1.59. The van der Waals surface area contributed by atoms with Crippen LogP contribution in [0.4, 0.5) is 0 Å². The highest BCUT2D eigenvalue weighted by atomic mass is 35.5. The number of ether oxygens (including phenoxy) is 1. The molecule has 3 aromatic rings. The van der Waals surface area contributed by atoms with Crippen molar-refractivity contribution >= 4 is 17.5 Å². The third kappa shape index (κ3) is 4.11. The zero-order chi connectivity index (χ0) is 20.2. The van der Waals surface area contributed by atoms with Crippen LogP contribution >= 0.6 is 11.6 Å². The average molecular weight is 403 g/mol. The maximum absolute atomic E-state index is 13.1. The summed E-state index contributed by atoms with van der Waals surface area (Å²) in [5.74, 6) is 6.69. The number of rotatable bonds is 2. The number of methoxy groups -OCH3 is 1. The van der Waals surface area contributed by atoms with E-state index in [-0.39, 0.29) is 5.91 Å². The number of carbonyl (C=O) groups is 1. The highest BCUT2D eigenvalue weighted by Crippen LogP contribution is 2.27. The van der Waals surface area contributed by atoms with Gasteiger partial charge >= 0.3 is 0 Å². The van der Waals surface area contributed by atoms with E-state index in [4.69, 9.17) is 16.3 Å². The molecule has 1 aliphatic heterocycles. The predicted octanol–water partition coefficient (Wildman–Crippen LogP) is 4.34. The third-order valence-corrected chi connectivity index (χ3v) is 5.29. The smallest absolute Gasteiger partial charge is 0.254 e. The first kappa shape index (κ1) is 19.0. The summed E-state index contributed by atoms with van der Waals surface area (Å²) in [4.78, 5) is 19.2. The van der Waals surface area contributed by atoms with E-state index in [0.29, 0.717) is 35.7 Å². The summed E-state index contributed by atoms with van der Waals surface area (Å²) in [5.41, 5.74) is 4.14. The minimum Gasteiger partial charge on any atom is -0.495 e. The van der Waals surface area contributed by atoms with Gasteiger partial charge < -0.3 is 9.64 Å². The molecule has 144 valence electrons. The third-order valence-electron chi connectivity index (χ3n) is 4.93. The Morgan fingerprint density at radius 2 is 2.03 bits per heavy atom.